The molecule has 1 atom stereocenters. The van der Waals surface area contributed by atoms with Crippen LogP contribution in [0.3, 0.4) is 0 Å². The van der Waals surface area contributed by atoms with Gasteiger partial charge in [0, 0.05) is 24.2 Å². The highest BCUT2D eigenvalue weighted by molar-refractivity contribution is 5.40. The standard InChI is InChI=1S/C13H19FN2O2/c1-9(13(2,3)4)15-8-10-7-11(14)5-6-12(10)16(17)18/h5-7,9,15H,8H2,1-4H3. The van der Waals surface area contributed by atoms with Crippen LogP contribution in [0.1, 0.15) is 33.3 Å². The molecule has 0 bridgehead atoms. The second-order valence-corrected chi connectivity index (χ2v) is 5.50. The van der Waals surface area contributed by atoms with Crippen LogP contribution in [0.15, 0.2) is 18.2 Å². The summed E-state index contributed by atoms with van der Waals surface area (Å²) in [5.41, 5.74) is 0.364. The van der Waals surface area contributed by atoms with Crippen molar-refractivity contribution in [2.45, 2.75) is 40.3 Å². The molecule has 0 saturated carbocycles. The first-order chi connectivity index (χ1) is 8.21. The van der Waals surface area contributed by atoms with E-state index in [9.17, 15) is 14.5 Å². The largest absolute Gasteiger partial charge is 0.309 e. The summed E-state index contributed by atoms with van der Waals surface area (Å²) in [6.45, 7) is 8.51. The molecule has 0 saturated heterocycles. The normalized spacial score (nSPS) is 13.4. The van der Waals surface area contributed by atoms with E-state index in [2.05, 4.69) is 26.1 Å². The van der Waals surface area contributed by atoms with Crippen molar-refractivity contribution in [1.29, 1.82) is 0 Å². The fraction of sp³-hybridized carbons (Fsp3) is 0.538. The van der Waals surface area contributed by atoms with Crippen LogP contribution in [-0.2, 0) is 6.54 Å². The lowest BCUT2D eigenvalue weighted by Gasteiger charge is -2.28. The van der Waals surface area contributed by atoms with E-state index in [-0.39, 0.29) is 23.7 Å². The Bertz CT molecular complexity index is 441. The molecule has 1 N–H and O–H groups in total. The lowest BCUT2D eigenvalue weighted by molar-refractivity contribution is -0.385. The SMILES string of the molecule is CC(NCc1cc(F)ccc1[N+](=O)[O-])C(C)(C)C. The van der Waals surface area contributed by atoms with Crippen molar-refractivity contribution in [3.05, 3.63) is 39.7 Å². The summed E-state index contributed by atoms with van der Waals surface area (Å²) < 4.78 is 13.1. The molecule has 0 amide bonds. The molecule has 18 heavy (non-hydrogen) atoms. The summed E-state index contributed by atoms with van der Waals surface area (Å²) in [6, 6.07) is 3.68. The minimum Gasteiger partial charge on any atom is -0.309 e. The van der Waals surface area contributed by atoms with Crippen LogP contribution in [0.4, 0.5) is 10.1 Å². The Hall–Kier alpha value is -1.49. The number of rotatable bonds is 4. The molecular weight excluding hydrogens is 235 g/mol. The van der Waals surface area contributed by atoms with E-state index >= 15 is 0 Å². The third-order valence-electron chi connectivity index (χ3n) is 3.14. The third-order valence-corrected chi connectivity index (χ3v) is 3.14. The highest BCUT2D eigenvalue weighted by Gasteiger charge is 2.21. The average molecular weight is 254 g/mol. The van der Waals surface area contributed by atoms with E-state index in [1.165, 1.54) is 12.1 Å². The van der Waals surface area contributed by atoms with Crippen LogP contribution in [-0.4, -0.2) is 11.0 Å². The van der Waals surface area contributed by atoms with Crippen LogP contribution in [0.5, 0.6) is 0 Å². The van der Waals surface area contributed by atoms with Gasteiger partial charge in [0.1, 0.15) is 5.82 Å². The van der Waals surface area contributed by atoms with E-state index in [1.54, 1.807) is 0 Å². The molecule has 1 rings (SSSR count). The minimum absolute atomic E-state index is 0.0438. The molecule has 100 valence electrons. The van der Waals surface area contributed by atoms with Crippen LogP contribution in [0.2, 0.25) is 0 Å². The molecule has 0 aliphatic rings. The van der Waals surface area contributed by atoms with Crippen molar-refractivity contribution in [1.82, 2.24) is 5.32 Å². The maximum absolute atomic E-state index is 13.1. The van der Waals surface area contributed by atoms with Crippen LogP contribution in [0, 0.1) is 21.3 Å². The van der Waals surface area contributed by atoms with Gasteiger partial charge >= 0.3 is 0 Å². The first kappa shape index (κ1) is 14.6. The molecule has 0 fully saturated rings. The smallest absolute Gasteiger partial charge is 0.274 e. The zero-order valence-corrected chi connectivity index (χ0v) is 11.2. The first-order valence-corrected chi connectivity index (χ1v) is 5.88. The predicted octanol–water partition coefficient (Wildman–Crippen LogP) is 3.26. The van der Waals surface area contributed by atoms with Gasteiger partial charge in [-0.05, 0) is 24.5 Å². The number of nitro benzene ring substituents is 1. The van der Waals surface area contributed by atoms with Gasteiger partial charge in [-0.2, -0.15) is 0 Å². The molecule has 0 spiro atoms. The Morgan fingerprint density at radius 1 is 1.44 bits per heavy atom. The maximum atomic E-state index is 13.1. The Labute approximate surface area is 106 Å². The Kier molecular flexibility index (Phi) is 4.40. The molecule has 1 aromatic carbocycles. The molecular formula is C13H19FN2O2. The average Bonchev–Trinajstić information content (AvgIpc) is 2.24. The summed E-state index contributed by atoms with van der Waals surface area (Å²) in [5.74, 6) is -0.458. The first-order valence-electron chi connectivity index (χ1n) is 5.88. The molecule has 1 aromatic rings. The van der Waals surface area contributed by atoms with E-state index in [4.69, 9.17) is 0 Å². The number of nitrogens with zero attached hydrogens (tertiary/aromatic N) is 1. The highest BCUT2D eigenvalue weighted by Crippen LogP contribution is 2.22. The van der Waals surface area contributed by atoms with Gasteiger partial charge in [-0.1, -0.05) is 20.8 Å². The van der Waals surface area contributed by atoms with Crippen molar-refractivity contribution in [2.75, 3.05) is 0 Å². The topological polar surface area (TPSA) is 55.2 Å². The van der Waals surface area contributed by atoms with Gasteiger partial charge < -0.3 is 5.32 Å². The maximum Gasteiger partial charge on any atom is 0.274 e. The second-order valence-electron chi connectivity index (χ2n) is 5.50. The predicted molar refractivity (Wildman–Crippen MR) is 68.8 cm³/mol. The van der Waals surface area contributed by atoms with Gasteiger partial charge in [-0.15, -0.1) is 0 Å². The number of nitrogens with one attached hydrogen (secondary N) is 1. The lowest BCUT2D eigenvalue weighted by Crippen LogP contribution is -2.37. The summed E-state index contributed by atoms with van der Waals surface area (Å²) in [6.07, 6.45) is 0. The quantitative estimate of drug-likeness (QED) is 0.662. The van der Waals surface area contributed by atoms with Crippen molar-refractivity contribution >= 4 is 5.69 Å². The molecule has 1 unspecified atom stereocenters. The monoisotopic (exact) mass is 254 g/mol. The fourth-order valence-corrected chi connectivity index (χ4v) is 1.44. The number of hydrogen-bond donors (Lipinski definition) is 1. The summed E-state index contributed by atoms with van der Waals surface area (Å²) in [4.78, 5) is 10.3. The Balaban J connectivity index is 2.84. The van der Waals surface area contributed by atoms with E-state index < -0.39 is 10.7 Å². The molecule has 0 aliphatic carbocycles. The molecule has 4 nitrogen and oxygen atoms in total. The van der Waals surface area contributed by atoms with Gasteiger partial charge in [0.2, 0.25) is 0 Å². The zero-order valence-electron chi connectivity index (χ0n) is 11.2. The molecule has 0 radical (unpaired) electrons. The zero-order chi connectivity index (χ0) is 13.9. The Morgan fingerprint density at radius 2 is 2.06 bits per heavy atom. The Morgan fingerprint density at radius 3 is 2.56 bits per heavy atom. The van der Waals surface area contributed by atoms with Crippen LogP contribution in [0.25, 0.3) is 0 Å². The molecule has 0 heterocycles. The molecule has 0 aliphatic heterocycles. The van der Waals surface area contributed by atoms with Crippen LogP contribution < -0.4 is 5.32 Å². The van der Waals surface area contributed by atoms with Crippen molar-refractivity contribution in [3.63, 3.8) is 0 Å². The fourth-order valence-electron chi connectivity index (χ4n) is 1.44. The number of hydrogen-bond acceptors (Lipinski definition) is 3. The van der Waals surface area contributed by atoms with Gasteiger partial charge in [0.15, 0.2) is 0 Å². The minimum atomic E-state index is -0.488. The van der Waals surface area contributed by atoms with Crippen molar-refractivity contribution < 1.29 is 9.31 Å². The summed E-state index contributed by atoms with van der Waals surface area (Å²) in [7, 11) is 0. The van der Waals surface area contributed by atoms with Crippen molar-refractivity contribution in [2.24, 2.45) is 5.41 Å². The van der Waals surface area contributed by atoms with Gasteiger partial charge in [0.25, 0.3) is 5.69 Å². The third kappa shape index (κ3) is 3.77. The van der Waals surface area contributed by atoms with Gasteiger partial charge in [-0.3, -0.25) is 10.1 Å². The number of benzene rings is 1. The van der Waals surface area contributed by atoms with E-state index in [0.29, 0.717) is 5.56 Å². The van der Waals surface area contributed by atoms with Crippen LogP contribution >= 0.6 is 0 Å². The van der Waals surface area contributed by atoms with Gasteiger partial charge in [0.05, 0.1) is 4.92 Å². The van der Waals surface area contributed by atoms with E-state index in [1.807, 2.05) is 6.92 Å². The summed E-state index contributed by atoms with van der Waals surface area (Å²) >= 11 is 0. The van der Waals surface area contributed by atoms with Gasteiger partial charge in [-0.25, -0.2) is 4.39 Å². The van der Waals surface area contributed by atoms with Crippen molar-refractivity contribution in [3.8, 4) is 0 Å². The highest BCUT2D eigenvalue weighted by atomic mass is 19.1. The van der Waals surface area contributed by atoms with E-state index in [0.717, 1.165) is 6.07 Å². The number of halogens is 1. The second kappa shape index (κ2) is 5.44. The number of nitro groups is 1. The molecule has 5 heteroatoms. The lowest BCUT2D eigenvalue weighted by atomic mass is 9.88. The summed E-state index contributed by atoms with van der Waals surface area (Å²) in [5, 5.41) is 14.0. The molecule has 0 aromatic heterocycles.